The van der Waals surface area contributed by atoms with E-state index in [1.54, 1.807) is 25.1 Å². The van der Waals surface area contributed by atoms with Crippen LogP contribution in [-0.4, -0.2) is 12.2 Å². The van der Waals surface area contributed by atoms with Gasteiger partial charge in [-0.05, 0) is 42.8 Å². The first kappa shape index (κ1) is 14.5. The van der Waals surface area contributed by atoms with Gasteiger partial charge in [-0.1, -0.05) is 12.1 Å². The summed E-state index contributed by atoms with van der Waals surface area (Å²) in [7, 11) is 1.85. The second-order valence-electron chi connectivity index (χ2n) is 4.86. The molecule has 0 saturated carbocycles. The van der Waals surface area contributed by atoms with Crippen molar-refractivity contribution >= 4 is 5.69 Å². The van der Waals surface area contributed by atoms with Crippen molar-refractivity contribution in [3.63, 3.8) is 0 Å². The lowest BCUT2D eigenvalue weighted by molar-refractivity contribution is 0.199. The molecule has 1 atom stereocenters. The van der Waals surface area contributed by atoms with Gasteiger partial charge in [-0.25, -0.2) is 8.78 Å². The van der Waals surface area contributed by atoms with Crippen molar-refractivity contribution in [3.8, 4) is 0 Å². The van der Waals surface area contributed by atoms with Crippen LogP contribution in [0.5, 0.6) is 0 Å². The molecule has 0 aromatic heterocycles. The molecule has 0 saturated heterocycles. The lowest BCUT2D eigenvalue weighted by Gasteiger charge is -2.24. The SMILES string of the molecule is C[C@H](O)c1cc(F)ccc1N(C)Cc1ccc(F)cc1. The highest BCUT2D eigenvalue weighted by Gasteiger charge is 2.13. The maximum absolute atomic E-state index is 13.3. The molecular formula is C16H17F2NO. The normalized spacial score (nSPS) is 12.2. The van der Waals surface area contributed by atoms with Crippen molar-refractivity contribution in [2.45, 2.75) is 19.6 Å². The molecule has 0 heterocycles. The van der Waals surface area contributed by atoms with Gasteiger partial charge >= 0.3 is 0 Å². The Kier molecular flexibility index (Phi) is 4.35. The summed E-state index contributed by atoms with van der Waals surface area (Å²) < 4.78 is 26.1. The van der Waals surface area contributed by atoms with Crippen molar-refractivity contribution in [2.24, 2.45) is 0 Å². The second kappa shape index (κ2) is 6.01. The molecule has 0 aliphatic carbocycles. The van der Waals surface area contributed by atoms with Crippen molar-refractivity contribution < 1.29 is 13.9 Å². The summed E-state index contributed by atoms with van der Waals surface area (Å²) >= 11 is 0. The predicted molar refractivity (Wildman–Crippen MR) is 75.5 cm³/mol. The average Bonchev–Trinajstić information content (AvgIpc) is 2.41. The van der Waals surface area contributed by atoms with E-state index in [-0.39, 0.29) is 11.6 Å². The number of aliphatic hydroxyl groups is 1. The quantitative estimate of drug-likeness (QED) is 0.922. The van der Waals surface area contributed by atoms with Gasteiger partial charge in [0, 0.05) is 24.8 Å². The Morgan fingerprint density at radius 2 is 1.65 bits per heavy atom. The molecule has 0 radical (unpaired) electrons. The minimum atomic E-state index is -0.753. The number of benzene rings is 2. The maximum atomic E-state index is 13.3. The zero-order valence-electron chi connectivity index (χ0n) is 11.5. The van der Waals surface area contributed by atoms with E-state index < -0.39 is 6.10 Å². The first-order chi connectivity index (χ1) is 9.47. The van der Waals surface area contributed by atoms with E-state index in [9.17, 15) is 13.9 Å². The summed E-state index contributed by atoms with van der Waals surface area (Å²) in [5, 5.41) is 9.74. The number of nitrogens with zero attached hydrogens (tertiary/aromatic N) is 1. The van der Waals surface area contributed by atoms with Gasteiger partial charge in [0.2, 0.25) is 0 Å². The number of anilines is 1. The first-order valence-electron chi connectivity index (χ1n) is 6.40. The van der Waals surface area contributed by atoms with E-state index in [1.165, 1.54) is 24.3 Å². The Balaban J connectivity index is 2.24. The Bertz CT molecular complexity index is 582. The molecule has 20 heavy (non-hydrogen) atoms. The van der Waals surface area contributed by atoms with Gasteiger partial charge in [-0.2, -0.15) is 0 Å². The predicted octanol–water partition coefficient (Wildman–Crippen LogP) is 3.65. The van der Waals surface area contributed by atoms with E-state index in [2.05, 4.69) is 0 Å². The average molecular weight is 277 g/mol. The number of hydrogen-bond donors (Lipinski definition) is 1. The molecule has 2 rings (SSSR count). The van der Waals surface area contributed by atoms with Gasteiger partial charge in [0.15, 0.2) is 0 Å². The smallest absolute Gasteiger partial charge is 0.123 e. The zero-order chi connectivity index (χ0) is 14.7. The van der Waals surface area contributed by atoms with Crippen LogP contribution in [0.25, 0.3) is 0 Å². The Morgan fingerprint density at radius 3 is 2.25 bits per heavy atom. The van der Waals surface area contributed by atoms with Crippen LogP contribution >= 0.6 is 0 Å². The third kappa shape index (κ3) is 3.33. The third-order valence-electron chi connectivity index (χ3n) is 3.18. The Morgan fingerprint density at radius 1 is 1.05 bits per heavy atom. The zero-order valence-corrected chi connectivity index (χ0v) is 11.5. The fourth-order valence-electron chi connectivity index (χ4n) is 2.16. The van der Waals surface area contributed by atoms with Crippen LogP contribution in [0.2, 0.25) is 0 Å². The lowest BCUT2D eigenvalue weighted by Crippen LogP contribution is -2.18. The number of aliphatic hydroxyl groups excluding tert-OH is 1. The highest BCUT2D eigenvalue weighted by Crippen LogP contribution is 2.27. The molecule has 0 aliphatic heterocycles. The van der Waals surface area contributed by atoms with Crippen molar-refractivity contribution in [1.82, 2.24) is 0 Å². The highest BCUT2D eigenvalue weighted by atomic mass is 19.1. The first-order valence-corrected chi connectivity index (χ1v) is 6.40. The Labute approximate surface area is 117 Å². The summed E-state index contributed by atoms with van der Waals surface area (Å²) in [6, 6.07) is 10.6. The minimum absolute atomic E-state index is 0.275. The maximum Gasteiger partial charge on any atom is 0.123 e. The largest absolute Gasteiger partial charge is 0.389 e. The second-order valence-corrected chi connectivity index (χ2v) is 4.86. The number of rotatable bonds is 4. The van der Waals surface area contributed by atoms with Crippen LogP contribution in [0.4, 0.5) is 14.5 Å². The fraction of sp³-hybridized carbons (Fsp3) is 0.250. The van der Waals surface area contributed by atoms with Crippen LogP contribution in [0.1, 0.15) is 24.2 Å². The van der Waals surface area contributed by atoms with Crippen LogP contribution < -0.4 is 4.90 Å². The van der Waals surface area contributed by atoms with Crippen molar-refractivity contribution in [3.05, 3.63) is 65.2 Å². The van der Waals surface area contributed by atoms with E-state index in [4.69, 9.17) is 0 Å². The highest BCUT2D eigenvalue weighted by molar-refractivity contribution is 5.54. The molecule has 0 spiro atoms. The molecule has 2 nitrogen and oxygen atoms in total. The molecular weight excluding hydrogens is 260 g/mol. The molecule has 2 aromatic carbocycles. The summed E-state index contributed by atoms with van der Waals surface area (Å²) in [5.74, 6) is -0.650. The minimum Gasteiger partial charge on any atom is -0.389 e. The molecule has 0 fully saturated rings. The molecule has 4 heteroatoms. The van der Waals surface area contributed by atoms with E-state index >= 15 is 0 Å². The van der Waals surface area contributed by atoms with Gasteiger partial charge in [0.25, 0.3) is 0 Å². The van der Waals surface area contributed by atoms with Gasteiger partial charge in [0.05, 0.1) is 6.10 Å². The van der Waals surface area contributed by atoms with Gasteiger partial charge in [0.1, 0.15) is 11.6 Å². The Hall–Kier alpha value is -1.94. The summed E-state index contributed by atoms with van der Waals surface area (Å²) in [6.45, 7) is 2.15. The van der Waals surface area contributed by atoms with Gasteiger partial charge in [-0.15, -0.1) is 0 Å². The molecule has 106 valence electrons. The van der Waals surface area contributed by atoms with E-state index in [1.807, 2.05) is 11.9 Å². The fourth-order valence-corrected chi connectivity index (χ4v) is 2.16. The van der Waals surface area contributed by atoms with Crippen LogP contribution in [-0.2, 0) is 6.54 Å². The van der Waals surface area contributed by atoms with Crippen LogP contribution in [0, 0.1) is 11.6 Å². The summed E-state index contributed by atoms with van der Waals surface area (Å²) in [6.07, 6.45) is -0.753. The molecule has 0 unspecified atom stereocenters. The molecule has 0 aliphatic rings. The summed E-state index contributed by atoms with van der Waals surface area (Å²) in [4.78, 5) is 1.90. The van der Waals surface area contributed by atoms with Gasteiger partial charge < -0.3 is 10.0 Å². The topological polar surface area (TPSA) is 23.5 Å². The lowest BCUT2D eigenvalue weighted by atomic mass is 10.1. The van der Waals surface area contributed by atoms with Crippen molar-refractivity contribution in [2.75, 3.05) is 11.9 Å². The van der Waals surface area contributed by atoms with E-state index in [0.29, 0.717) is 12.1 Å². The summed E-state index contributed by atoms with van der Waals surface area (Å²) in [5.41, 5.74) is 2.23. The molecule has 1 N–H and O–H groups in total. The van der Waals surface area contributed by atoms with Crippen LogP contribution in [0.15, 0.2) is 42.5 Å². The third-order valence-corrected chi connectivity index (χ3v) is 3.18. The molecule has 2 aromatic rings. The molecule has 0 bridgehead atoms. The van der Waals surface area contributed by atoms with Crippen LogP contribution in [0.3, 0.4) is 0 Å². The number of halogens is 2. The monoisotopic (exact) mass is 277 g/mol. The van der Waals surface area contributed by atoms with Gasteiger partial charge in [-0.3, -0.25) is 0 Å². The van der Waals surface area contributed by atoms with Crippen molar-refractivity contribution in [1.29, 1.82) is 0 Å². The molecule has 0 amide bonds. The number of hydrogen-bond acceptors (Lipinski definition) is 2. The standard InChI is InChI=1S/C16H17F2NO/c1-11(20)15-9-14(18)7-8-16(15)19(2)10-12-3-5-13(17)6-4-12/h3-9,11,20H,10H2,1-2H3/t11-/m0/s1. The van der Waals surface area contributed by atoms with E-state index in [0.717, 1.165) is 11.3 Å².